The SMILES string of the molecule is O=c1[nH]c(=S)n(-c2ccccc2F)c(O)c1/C=C1/C=Nc2ncccc21. The summed E-state index contributed by atoms with van der Waals surface area (Å²) in [5, 5.41) is 10.6. The number of allylic oxidation sites excluding steroid dienone is 1. The molecule has 0 radical (unpaired) electrons. The van der Waals surface area contributed by atoms with Crippen molar-refractivity contribution in [2.45, 2.75) is 0 Å². The molecule has 26 heavy (non-hydrogen) atoms. The first-order chi connectivity index (χ1) is 12.6. The van der Waals surface area contributed by atoms with E-state index in [2.05, 4.69) is 15.0 Å². The van der Waals surface area contributed by atoms with Gasteiger partial charge in [-0.2, -0.15) is 0 Å². The highest BCUT2D eigenvalue weighted by atomic mass is 32.1. The molecule has 1 aromatic carbocycles. The topological polar surface area (TPSA) is 83.3 Å². The number of aromatic amines is 1. The highest BCUT2D eigenvalue weighted by Gasteiger charge is 2.18. The van der Waals surface area contributed by atoms with Crippen molar-refractivity contribution in [1.82, 2.24) is 14.5 Å². The van der Waals surface area contributed by atoms with E-state index in [9.17, 15) is 14.3 Å². The second-order valence-corrected chi connectivity index (χ2v) is 5.90. The van der Waals surface area contributed by atoms with Crippen LogP contribution in [0.2, 0.25) is 0 Å². The lowest BCUT2D eigenvalue weighted by atomic mass is 10.1. The first-order valence-electron chi connectivity index (χ1n) is 7.60. The number of benzene rings is 1. The third-order valence-corrected chi connectivity index (χ3v) is 4.22. The fourth-order valence-electron chi connectivity index (χ4n) is 2.72. The molecule has 1 aliphatic rings. The quantitative estimate of drug-likeness (QED) is 0.681. The second-order valence-electron chi connectivity index (χ2n) is 5.52. The predicted octanol–water partition coefficient (Wildman–Crippen LogP) is 3.39. The minimum absolute atomic E-state index is 0.0352. The highest BCUT2D eigenvalue weighted by molar-refractivity contribution is 7.71. The summed E-state index contributed by atoms with van der Waals surface area (Å²) in [4.78, 5) is 23.1. The molecule has 8 heteroatoms. The summed E-state index contributed by atoms with van der Waals surface area (Å²) in [7, 11) is 0. The number of nitrogens with zero attached hydrogens (tertiary/aromatic N) is 3. The Morgan fingerprint density at radius 1 is 1.23 bits per heavy atom. The normalized spacial score (nSPS) is 14.0. The van der Waals surface area contributed by atoms with Crippen LogP contribution in [0.3, 0.4) is 0 Å². The van der Waals surface area contributed by atoms with E-state index in [4.69, 9.17) is 12.2 Å². The molecule has 0 unspecified atom stereocenters. The van der Waals surface area contributed by atoms with Gasteiger partial charge in [-0.15, -0.1) is 0 Å². The molecule has 0 aliphatic carbocycles. The Bertz CT molecular complexity index is 1210. The van der Waals surface area contributed by atoms with Crippen molar-refractivity contribution in [2.75, 3.05) is 0 Å². The van der Waals surface area contributed by atoms with E-state index in [-0.39, 0.29) is 16.0 Å². The number of nitrogens with one attached hydrogen (secondary N) is 1. The summed E-state index contributed by atoms with van der Waals surface area (Å²) in [6.45, 7) is 0. The Kier molecular flexibility index (Phi) is 3.81. The van der Waals surface area contributed by atoms with Gasteiger partial charge in [-0.1, -0.05) is 12.1 Å². The van der Waals surface area contributed by atoms with Crippen LogP contribution in [0.1, 0.15) is 11.1 Å². The summed E-state index contributed by atoms with van der Waals surface area (Å²) < 4.78 is 15.1. The number of fused-ring (bicyclic) bond motifs is 1. The minimum Gasteiger partial charge on any atom is -0.494 e. The molecule has 0 atom stereocenters. The number of aliphatic imine (C=N–C) groups is 1. The molecular weight excluding hydrogens is 355 g/mol. The van der Waals surface area contributed by atoms with E-state index < -0.39 is 17.3 Å². The van der Waals surface area contributed by atoms with Gasteiger partial charge in [0.2, 0.25) is 5.88 Å². The third-order valence-electron chi connectivity index (χ3n) is 3.94. The maximum absolute atomic E-state index is 14.2. The second kappa shape index (κ2) is 6.16. The van der Waals surface area contributed by atoms with E-state index in [0.29, 0.717) is 11.4 Å². The van der Waals surface area contributed by atoms with Gasteiger partial charge >= 0.3 is 0 Å². The lowest BCUT2D eigenvalue weighted by Gasteiger charge is -2.12. The average Bonchev–Trinajstić information content (AvgIpc) is 3.03. The smallest absolute Gasteiger partial charge is 0.262 e. The van der Waals surface area contributed by atoms with Crippen LogP contribution < -0.4 is 5.56 Å². The van der Waals surface area contributed by atoms with Gasteiger partial charge in [-0.05, 0) is 42.6 Å². The van der Waals surface area contributed by atoms with Gasteiger partial charge in [-0.25, -0.2) is 14.4 Å². The van der Waals surface area contributed by atoms with Crippen LogP contribution >= 0.6 is 12.2 Å². The van der Waals surface area contributed by atoms with E-state index in [1.807, 2.05) is 0 Å². The summed E-state index contributed by atoms with van der Waals surface area (Å²) in [5.41, 5.74) is 0.726. The van der Waals surface area contributed by atoms with Crippen LogP contribution in [-0.4, -0.2) is 25.9 Å². The third kappa shape index (κ3) is 2.56. The van der Waals surface area contributed by atoms with Crippen molar-refractivity contribution < 1.29 is 9.50 Å². The number of hydrogen-bond acceptors (Lipinski definition) is 5. The van der Waals surface area contributed by atoms with Crippen molar-refractivity contribution in [2.24, 2.45) is 4.99 Å². The van der Waals surface area contributed by atoms with Crippen LogP contribution in [0.5, 0.6) is 5.88 Å². The summed E-state index contributed by atoms with van der Waals surface area (Å²) in [6.07, 6.45) is 4.63. The summed E-state index contributed by atoms with van der Waals surface area (Å²) in [5.74, 6) is -0.514. The Labute approximate surface area is 151 Å². The van der Waals surface area contributed by atoms with Gasteiger partial charge in [0.1, 0.15) is 11.4 Å². The van der Waals surface area contributed by atoms with Crippen LogP contribution in [0, 0.1) is 10.6 Å². The lowest BCUT2D eigenvalue weighted by molar-refractivity contribution is 0.429. The molecule has 128 valence electrons. The average molecular weight is 366 g/mol. The van der Waals surface area contributed by atoms with E-state index in [0.717, 1.165) is 10.1 Å². The van der Waals surface area contributed by atoms with Crippen molar-refractivity contribution in [3.8, 4) is 11.6 Å². The molecule has 3 aromatic rings. The molecule has 0 spiro atoms. The molecule has 0 amide bonds. The summed E-state index contributed by atoms with van der Waals surface area (Å²) >= 11 is 5.10. The predicted molar refractivity (Wildman–Crippen MR) is 99.1 cm³/mol. The number of para-hydroxylation sites is 1. The van der Waals surface area contributed by atoms with E-state index in [1.165, 1.54) is 24.3 Å². The van der Waals surface area contributed by atoms with Crippen molar-refractivity contribution >= 4 is 35.9 Å². The molecule has 6 nitrogen and oxygen atoms in total. The van der Waals surface area contributed by atoms with E-state index >= 15 is 0 Å². The zero-order valence-corrected chi connectivity index (χ0v) is 14.0. The molecule has 4 rings (SSSR count). The molecule has 3 heterocycles. The Morgan fingerprint density at radius 2 is 2.04 bits per heavy atom. The fourth-order valence-corrected chi connectivity index (χ4v) is 3.00. The Morgan fingerprint density at radius 3 is 2.85 bits per heavy atom. The first kappa shape index (κ1) is 16.1. The van der Waals surface area contributed by atoms with Crippen LogP contribution in [0.15, 0.2) is 52.4 Å². The molecular formula is C18H11FN4O2S. The largest absolute Gasteiger partial charge is 0.494 e. The molecule has 0 fully saturated rings. The van der Waals surface area contributed by atoms with Gasteiger partial charge in [-0.3, -0.25) is 14.3 Å². The molecule has 2 N–H and O–H groups in total. The lowest BCUT2D eigenvalue weighted by Crippen LogP contribution is -2.16. The maximum atomic E-state index is 14.2. The zero-order chi connectivity index (χ0) is 18.3. The standard InChI is InChI=1S/C18H11FN4O2S/c19-13-5-1-2-6-14(13)23-17(25)12(16(24)22-18(23)26)8-10-9-21-15-11(10)4-3-7-20-15/h1-9,25H,(H,22,24,26)/b10-8-. The number of aromatic nitrogens is 3. The number of hydrogen-bond donors (Lipinski definition) is 2. The number of halogens is 1. The van der Waals surface area contributed by atoms with Crippen LogP contribution in [0.25, 0.3) is 17.3 Å². The van der Waals surface area contributed by atoms with E-state index in [1.54, 1.807) is 30.6 Å². The summed E-state index contributed by atoms with van der Waals surface area (Å²) in [6, 6.07) is 9.37. The number of H-pyrrole nitrogens is 1. The fraction of sp³-hybridized carbons (Fsp3) is 0. The number of aromatic hydroxyl groups is 1. The van der Waals surface area contributed by atoms with Gasteiger partial charge < -0.3 is 5.11 Å². The first-order valence-corrected chi connectivity index (χ1v) is 8.01. The number of rotatable bonds is 2. The minimum atomic E-state index is -0.585. The van der Waals surface area contributed by atoms with Crippen LogP contribution in [0.4, 0.5) is 10.2 Å². The molecule has 0 bridgehead atoms. The number of pyridine rings is 1. The Hall–Kier alpha value is -3.39. The molecule has 1 aliphatic heterocycles. The van der Waals surface area contributed by atoms with Gasteiger partial charge in [0.25, 0.3) is 5.56 Å². The van der Waals surface area contributed by atoms with Crippen molar-refractivity contribution in [1.29, 1.82) is 0 Å². The molecule has 0 saturated heterocycles. The zero-order valence-electron chi connectivity index (χ0n) is 13.2. The van der Waals surface area contributed by atoms with Gasteiger partial charge in [0, 0.05) is 23.5 Å². The molecule has 0 saturated carbocycles. The highest BCUT2D eigenvalue weighted by Crippen LogP contribution is 2.31. The van der Waals surface area contributed by atoms with Crippen molar-refractivity contribution in [3.05, 3.63) is 74.7 Å². The van der Waals surface area contributed by atoms with Gasteiger partial charge in [0.15, 0.2) is 10.6 Å². The van der Waals surface area contributed by atoms with Crippen molar-refractivity contribution in [3.63, 3.8) is 0 Å². The Balaban J connectivity index is 1.95. The van der Waals surface area contributed by atoms with Gasteiger partial charge in [0.05, 0.1) is 5.69 Å². The monoisotopic (exact) mass is 366 g/mol. The maximum Gasteiger partial charge on any atom is 0.262 e. The molecule has 2 aromatic heterocycles. The van der Waals surface area contributed by atoms with Crippen LogP contribution in [-0.2, 0) is 0 Å².